The van der Waals surface area contributed by atoms with Crippen molar-refractivity contribution in [2.45, 2.75) is 9.79 Å². The van der Waals surface area contributed by atoms with Gasteiger partial charge < -0.3 is 9.13 Å². The molecule has 0 bridgehead atoms. The number of hydrogen-bond acceptors (Lipinski definition) is 1. The number of aromatic nitrogens is 2. The first-order chi connectivity index (χ1) is 19.7. The Balaban J connectivity index is 1.44. The highest BCUT2D eigenvalue weighted by atomic mass is 35.5. The molecule has 8 rings (SSSR count). The van der Waals surface area contributed by atoms with Gasteiger partial charge in [0.2, 0.25) is 0 Å². The molecule has 0 atom stereocenters. The van der Waals surface area contributed by atoms with Crippen LogP contribution < -0.4 is 0 Å². The van der Waals surface area contributed by atoms with Crippen LogP contribution in [0.15, 0.2) is 149 Å². The second-order valence-corrected chi connectivity index (χ2v) is 11.6. The molecule has 2 nitrogen and oxygen atoms in total. The van der Waals surface area contributed by atoms with Gasteiger partial charge in [-0.1, -0.05) is 96.2 Å². The monoisotopic (exact) mass is 550 g/mol. The second-order valence-electron chi connectivity index (χ2n) is 9.98. The first-order valence-electron chi connectivity index (χ1n) is 13.3. The molecule has 4 heteroatoms. The predicted octanol–water partition coefficient (Wildman–Crippen LogP) is 10.7. The van der Waals surface area contributed by atoms with Crippen molar-refractivity contribution in [1.29, 1.82) is 0 Å². The zero-order chi connectivity index (χ0) is 26.6. The molecule has 2 heterocycles. The van der Waals surface area contributed by atoms with E-state index in [9.17, 15) is 0 Å². The Bertz CT molecular complexity index is 1970. The van der Waals surface area contributed by atoms with E-state index in [0.717, 1.165) is 21.3 Å². The third-order valence-electron chi connectivity index (χ3n) is 7.60. The Morgan fingerprint density at radius 1 is 0.400 bits per heavy atom. The van der Waals surface area contributed by atoms with E-state index < -0.39 is 0 Å². The van der Waals surface area contributed by atoms with E-state index in [0.29, 0.717) is 0 Å². The molecule has 0 N–H and O–H groups in total. The fourth-order valence-corrected chi connectivity index (χ4v) is 6.95. The van der Waals surface area contributed by atoms with Crippen molar-refractivity contribution >= 4 is 67.0 Å². The van der Waals surface area contributed by atoms with Gasteiger partial charge in [-0.25, -0.2) is 0 Å². The minimum absolute atomic E-state index is 0.745. The predicted molar refractivity (Wildman–Crippen MR) is 171 cm³/mol. The van der Waals surface area contributed by atoms with Gasteiger partial charge in [-0.3, -0.25) is 0 Å². The van der Waals surface area contributed by atoms with Crippen molar-refractivity contribution in [3.05, 3.63) is 145 Å². The fourth-order valence-electron chi connectivity index (χ4n) is 5.93. The summed E-state index contributed by atoms with van der Waals surface area (Å²) in [5.74, 6) is 0. The third kappa shape index (κ3) is 3.74. The lowest BCUT2D eigenvalue weighted by atomic mass is 10.2. The van der Waals surface area contributed by atoms with Gasteiger partial charge in [0.15, 0.2) is 0 Å². The van der Waals surface area contributed by atoms with Crippen LogP contribution in [0.25, 0.3) is 55.0 Å². The van der Waals surface area contributed by atoms with E-state index in [2.05, 4.69) is 137 Å². The van der Waals surface area contributed by atoms with Crippen LogP contribution in [-0.4, -0.2) is 9.13 Å². The van der Waals surface area contributed by atoms with Crippen molar-refractivity contribution in [2.75, 3.05) is 0 Å². The van der Waals surface area contributed by atoms with E-state index >= 15 is 0 Å². The Labute approximate surface area is 241 Å². The summed E-state index contributed by atoms with van der Waals surface area (Å²) >= 11 is 7.96. The van der Waals surface area contributed by atoms with Crippen molar-refractivity contribution in [1.82, 2.24) is 9.13 Å². The molecule has 0 fully saturated rings. The Morgan fingerprint density at radius 2 is 0.775 bits per heavy atom. The van der Waals surface area contributed by atoms with E-state index in [1.807, 2.05) is 12.1 Å². The Kier molecular flexibility index (Phi) is 5.47. The highest BCUT2D eigenvalue weighted by Gasteiger charge is 2.16. The van der Waals surface area contributed by atoms with E-state index in [1.54, 1.807) is 11.8 Å². The minimum Gasteiger partial charge on any atom is -0.309 e. The summed E-state index contributed by atoms with van der Waals surface area (Å²) in [6.45, 7) is 0. The summed E-state index contributed by atoms with van der Waals surface area (Å²) in [5, 5.41) is 5.77. The van der Waals surface area contributed by atoms with Crippen LogP contribution in [0.5, 0.6) is 0 Å². The molecule has 0 saturated heterocycles. The molecule has 190 valence electrons. The standard InChI is InChI=1S/C36H23ClN2S/c37-24-17-19-27(20-18-24)40-28-22-25(38-33-13-5-1-9-29(33)30-10-2-6-14-34(30)38)21-26(23-28)39-35-15-7-3-11-31(35)32-12-4-8-16-36(32)39/h1-23H. The fraction of sp³-hybridized carbons (Fsp3) is 0. The lowest BCUT2D eigenvalue weighted by molar-refractivity contribution is 1.11. The smallest absolute Gasteiger partial charge is 0.0541 e. The average Bonchev–Trinajstić information content (AvgIpc) is 3.51. The molecule has 0 aliphatic carbocycles. The van der Waals surface area contributed by atoms with Crippen LogP contribution in [0.2, 0.25) is 5.02 Å². The van der Waals surface area contributed by atoms with Gasteiger partial charge in [0.1, 0.15) is 0 Å². The number of nitrogens with zero attached hydrogens (tertiary/aromatic N) is 2. The van der Waals surface area contributed by atoms with Crippen LogP contribution in [0.3, 0.4) is 0 Å². The van der Waals surface area contributed by atoms with E-state index in [-0.39, 0.29) is 0 Å². The molecule has 0 unspecified atom stereocenters. The molecule has 8 aromatic rings. The van der Waals surface area contributed by atoms with Crippen LogP contribution in [0.1, 0.15) is 0 Å². The zero-order valence-electron chi connectivity index (χ0n) is 21.5. The molecule has 0 aliphatic heterocycles. The van der Waals surface area contributed by atoms with E-state index in [4.69, 9.17) is 11.6 Å². The van der Waals surface area contributed by atoms with Gasteiger partial charge in [-0.05, 0) is 66.7 Å². The number of halogens is 1. The first kappa shape index (κ1) is 23.4. The number of rotatable bonds is 4. The minimum atomic E-state index is 0.745. The van der Waals surface area contributed by atoms with Gasteiger partial charge in [-0.15, -0.1) is 0 Å². The van der Waals surface area contributed by atoms with Crippen molar-refractivity contribution in [3.63, 3.8) is 0 Å². The summed E-state index contributed by atoms with van der Waals surface area (Å²) in [6.07, 6.45) is 0. The van der Waals surface area contributed by atoms with Gasteiger partial charge >= 0.3 is 0 Å². The second kappa shape index (κ2) is 9.34. The molecular weight excluding hydrogens is 528 g/mol. The van der Waals surface area contributed by atoms with Gasteiger partial charge in [0, 0.05) is 47.7 Å². The molecule has 40 heavy (non-hydrogen) atoms. The lowest BCUT2D eigenvalue weighted by Gasteiger charge is -2.15. The van der Waals surface area contributed by atoms with Crippen LogP contribution in [0.4, 0.5) is 0 Å². The quantitative estimate of drug-likeness (QED) is 0.212. The summed E-state index contributed by atoms with van der Waals surface area (Å²) in [6, 6.07) is 49.7. The summed E-state index contributed by atoms with van der Waals surface area (Å²) in [7, 11) is 0. The van der Waals surface area contributed by atoms with Crippen LogP contribution in [0, 0.1) is 0 Å². The summed E-state index contributed by atoms with van der Waals surface area (Å²) in [5.41, 5.74) is 7.06. The van der Waals surface area contributed by atoms with Crippen molar-refractivity contribution < 1.29 is 0 Å². The largest absolute Gasteiger partial charge is 0.309 e. The van der Waals surface area contributed by atoms with E-state index in [1.165, 1.54) is 48.5 Å². The zero-order valence-corrected chi connectivity index (χ0v) is 23.0. The topological polar surface area (TPSA) is 9.86 Å². The lowest BCUT2D eigenvalue weighted by Crippen LogP contribution is -1.99. The van der Waals surface area contributed by atoms with Gasteiger partial charge in [0.05, 0.1) is 22.1 Å². The Hall–Kier alpha value is -4.44. The number of para-hydroxylation sites is 4. The number of benzene rings is 6. The van der Waals surface area contributed by atoms with Crippen LogP contribution >= 0.6 is 23.4 Å². The molecule has 0 saturated carbocycles. The van der Waals surface area contributed by atoms with Gasteiger partial charge in [0.25, 0.3) is 0 Å². The molecule has 0 spiro atoms. The molecule has 2 aromatic heterocycles. The summed E-state index contributed by atoms with van der Waals surface area (Å²) < 4.78 is 4.79. The van der Waals surface area contributed by atoms with Crippen molar-refractivity contribution in [3.8, 4) is 11.4 Å². The summed E-state index contributed by atoms with van der Waals surface area (Å²) in [4.78, 5) is 2.32. The number of fused-ring (bicyclic) bond motifs is 6. The third-order valence-corrected chi connectivity index (χ3v) is 8.83. The maximum Gasteiger partial charge on any atom is 0.0541 e. The SMILES string of the molecule is Clc1ccc(Sc2cc(-n3c4ccccc4c4ccccc43)cc(-n3c4ccccc4c4ccccc43)c2)cc1. The first-order valence-corrected chi connectivity index (χ1v) is 14.5. The molecular formula is C36H23ClN2S. The molecule has 0 amide bonds. The maximum atomic E-state index is 6.21. The van der Waals surface area contributed by atoms with Crippen LogP contribution in [-0.2, 0) is 0 Å². The molecule has 0 radical (unpaired) electrons. The molecule has 6 aromatic carbocycles. The highest BCUT2D eigenvalue weighted by molar-refractivity contribution is 7.99. The average molecular weight is 551 g/mol. The van der Waals surface area contributed by atoms with Crippen molar-refractivity contribution in [2.24, 2.45) is 0 Å². The Morgan fingerprint density at radius 3 is 1.18 bits per heavy atom. The highest BCUT2D eigenvalue weighted by Crippen LogP contribution is 2.38. The van der Waals surface area contributed by atoms with Gasteiger partial charge in [-0.2, -0.15) is 0 Å². The number of hydrogen-bond donors (Lipinski definition) is 0. The normalized spacial score (nSPS) is 11.7. The maximum absolute atomic E-state index is 6.21. The molecule has 0 aliphatic rings.